The number of carbonyl (C=O) groups is 1. The maximum Gasteiger partial charge on any atom is 0.305 e. The van der Waals surface area contributed by atoms with E-state index in [1.54, 1.807) is 11.4 Å². The van der Waals surface area contributed by atoms with Gasteiger partial charge in [-0.1, -0.05) is 6.07 Å². The molecule has 2 aromatic rings. The van der Waals surface area contributed by atoms with Crippen LogP contribution < -0.4 is 0 Å². The minimum absolute atomic E-state index is 0.00679. The molecule has 1 saturated heterocycles. The van der Waals surface area contributed by atoms with Crippen molar-refractivity contribution < 1.29 is 22.5 Å². The number of sulfonamides is 1. The third-order valence-corrected chi connectivity index (χ3v) is 7.28. The van der Waals surface area contributed by atoms with Gasteiger partial charge in [0.25, 0.3) is 15.9 Å². The monoisotopic (exact) mass is 399 g/mol. The van der Waals surface area contributed by atoms with E-state index in [4.69, 9.17) is 0 Å². The first kappa shape index (κ1) is 18.4. The summed E-state index contributed by atoms with van der Waals surface area (Å²) < 4.78 is 39.9. The van der Waals surface area contributed by atoms with Gasteiger partial charge >= 0.3 is 5.69 Å². The van der Waals surface area contributed by atoms with Gasteiger partial charge in [-0.05, 0) is 23.6 Å². The number of nitro groups is 1. The lowest BCUT2D eigenvalue weighted by atomic mass is 10.1. The molecular weight excluding hydrogens is 385 g/mol. The average molecular weight is 399 g/mol. The van der Waals surface area contributed by atoms with Crippen molar-refractivity contribution in [1.29, 1.82) is 0 Å². The summed E-state index contributed by atoms with van der Waals surface area (Å²) in [6, 6.07) is 6.13. The number of benzene rings is 1. The van der Waals surface area contributed by atoms with Gasteiger partial charge in [-0.2, -0.15) is 8.70 Å². The minimum Gasteiger partial charge on any atom is -0.336 e. The molecule has 3 rings (SSSR count). The van der Waals surface area contributed by atoms with Crippen molar-refractivity contribution in [2.75, 3.05) is 26.2 Å². The van der Waals surface area contributed by atoms with Crippen LogP contribution in [0.25, 0.3) is 0 Å². The number of nitrogens with zero attached hydrogens (tertiary/aromatic N) is 3. The zero-order valence-electron chi connectivity index (χ0n) is 13.4. The molecule has 1 aliphatic rings. The fourth-order valence-electron chi connectivity index (χ4n) is 2.64. The van der Waals surface area contributed by atoms with Crippen LogP contribution in [0.5, 0.6) is 0 Å². The lowest BCUT2D eigenvalue weighted by Crippen LogP contribution is -2.50. The number of nitro benzene ring substituents is 1. The molecule has 1 aromatic carbocycles. The van der Waals surface area contributed by atoms with Crippen molar-refractivity contribution in [3.63, 3.8) is 0 Å². The van der Waals surface area contributed by atoms with E-state index in [9.17, 15) is 27.7 Å². The van der Waals surface area contributed by atoms with E-state index in [1.807, 2.05) is 0 Å². The van der Waals surface area contributed by atoms with Gasteiger partial charge in [0.15, 0.2) is 0 Å². The van der Waals surface area contributed by atoms with Crippen molar-refractivity contribution in [1.82, 2.24) is 9.21 Å². The topological polar surface area (TPSA) is 101 Å². The molecule has 0 aliphatic carbocycles. The van der Waals surface area contributed by atoms with E-state index < -0.39 is 32.4 Å². The predicted molar refractivity (Wildman–Crippen MR) is 92.0 cm³/mol. The molecule has 2 heterocycles. The van der Waals surface area contributed by atoms with E-state index in [2.05, 4.69) is 0 Å². The molecule has 0 saturated carbocycles. The normalized spacial score (nSPS) is 15.8. The summed E-state index contributed by atoms with van der Waals surface area (Å²) in [4.78, 5) is 23.8. The highest BCUT2D eigenvalue weighted by molar-refractivity contribution is 7.91. The fraction of sp³-hybridized carbons (Fsp3) is 0.267. The molecule has 0 unspecified atom stereocenters. The summed E-state index contributed by atoms with van der Waals surface area (Å²) in [5, 5.41) is 12.5. The van der Waals surface area contributed by atoms with E-state index in [-0.39, 0.29) is 36.0 Å². The van der Waals surface area contributed by atoms with Crippen LogP contribution in [0.15, 0.2) is 39.9 Å². The van der Waals surface area contributed by atoms with Crippen LogP contribution in [0, 0.1) is 15.9 Å². The first-order chi connectivity index (χ1) is 12.3. The molecule has 138 valence electrons. The van der Waals surface area contributed by atoms with Gasteiger partial charge in [0.05, 0.1) is 4.92 Å². The summed E-state index contributed by atoms with van der Waals surface area (Å²) in [5.41, 5.74) is -0.776. The number of carbonyl (C=O) groups excluding carboxylic acids is 1. The number of amides is 1. The quantitative estimate of drug-likeness (QED) is 0.578. The number of thiophene rings is 1. The summed E-state index contributed by atoms with van der Waals surface area (Å²) in [5.74, 6) is -1.51. The van der Waals surface area contributed by atoms with E-state index >= 15 is 0 Å². The Labute approximate surface area is 152 Å². The lowest BCUT2D eigenvalue weighted by molar-refractivity contribution is -0.387. The lowest BCUT2D eigenvalue weighted by Gasteiger charge is -2.33. The van der Waals surface area contributed by atoms with Gasteiger partial charge < -0.3 is 4.90 Å². The number of piperazine rings is 1. The largest absolute Gasteiger partial charge is 0.336 e. The molecule has 0 N–H and O–H groups in total. The predicted octanol–water partition coefficient (Wildman–Crippen LogP) is 1.94. The molecule has 11 heteroatoms. The Morgan fingerprint density at radius 2 is 1.88 bits per heavy atom. The van der Waals surface area contributed by atoms with E-state index in [0.29, 0.717) is 0 Å². The molecule has 1 fully saturated rings. The Kier molecular flexibility index (Phi) is 5.03. The zero-order chi connectivity index (χ0) is 18.9. The average Bonchev–Trinajstić information content (AvgIpc) is 3.17. The Bertz CT molecular complexity index is 938. The molecule has 0 bridgehead atoms. The smallest absolute Gasteiger partial charge is 0.305 e. The zero-order valence-corrected chi connectivity index (χ0v) is 15.0. The Balaban J connectivity index is 1.71. The molecule has 0 atom stereocenters. The first-order valence-corrected chi connectivity index (χ1v) is 9.89. The third-order valence-electron chi connectivity index (χ3n) is 4.00. The van der Waals surface area contributed by atoms with Gasteiger partial charge in [-0.3, -0.25) is 14.9 Å². The minimum atomic E-state index is -3.58. The highest BCUT2D eigenvalue weighted by Gasteiger charge is 2.31. The number of hydrogen-bond acceptors (Lipinski definition) is 6. The third kappa shape index (κ3) is 3.45. The first-order valence-electron chi connectivity index (χ1n) is 7.57. The van der Waals surface area contributed by atoms with Gasteiger partial charge in [0.2, 0.25) is 5.82 Å². The van der Waals surface area contributed by atoms with Gasteiger partial charge in [-0.15, -0.1) is 11.3 Å². The highest BCUT2D eigenvalue weighted by atomic mass is 32.2. The molecule has 8 nitrogen and oxygen atoms in total. The Hall–Kier alpha value is -2.37. The molecule has 1 aromatic heterocycles. The number of halogens is 1. The van der Waals surface area contributed by atoms with Crippen LogP contribution >= 0.6 is 11.3 Å². The SMILES string of the molecule is O=C(c1ccc(F)c([N+](=O)[O-])c1)N1CCN(S(=O)(=O)c2cccs2)CC1. The Morgan fingerprint density at radius 1 is 1.19 bits per heavy atom. The van der Waals surface area contributed by atoms with Crippen molar-refractivity contribution >= 4 is 33.0 Å². The summed E-state index contributed by atoms with van der Waals surface area (Å²) in [6.07, 6.45) is 0. The second kappa shape index (κ2) is 7.09. The molecule has 1 aliphatic heterocycles. The van der Waals surface area contributed by atoms with Crippen molar-refractivity contribution in [3.05, 3.63) is 57.2 Å². The van der Waals surface area contributed by atoms with E-state index in [0.717, 1.165) is 23.5 Å². The molecule has 0 spiro atoms. The second-order valence-electron chi connectivity index (χ2n) is 5.55. The maximum atomic E-state index is 13.4. The van der Waals surface area contributed by atoms with Crippen LogP contribution in [-0.4, -0.2) is 54.6 Å². The van der Waals surface area contributed by atoms with Crippen molar-refractivity contribution in [2.45, 2.75) is 4.21 Å². The van der Waals surface area contributed by atoms with Gasteiger partial charge in [-0.25, -0.2) is 8.42 Å². The van der Waals surface area contributed by atoms with Crippen LogP contribution in [0.1, 0.15) is 10.4 Å². The second-order valence-corrected chi connectivity index (χ2v) is 8.66. The van der Waals surface area contributed by atoms with Crippen LogP contribution in [0.3, 0.4) is 0 Å². The molecule has 1 amide bonds. The highest BCUT2D eigenvalue weighted by Crippen LogP contribution is 2.23. The van der Waals surface area contributed by atoms with Gasteiger partial charge in [0, 0.05) is 37.8 Å². The summed E-state index contributed by atoms with van der Waals surface area (Å²) in [6.45, 7) is 0.535. The van der Waals surface area contributed by atoms with Crippen molar-refractivity contribution in [2.24, 2.45) is 0 Å². The van der Waals surface area contributed by atoms with Crippen molar-refractivity contribution in [3.8, 4) is 0 Å². The maximum absolute atomic E-state index is 13.4. The van der Waals surface area contributed by atoms with Crippen LogP contribution in [0.4, 0.5) is 10.1 Å². The fourth-order valence-corrected chi connectivity index (χ4v) is 5.20. The van der Waals surface area contributed by atoms with Crippen LogP contribution in [-0.2, 0) is 10.0 Å². The van der Waals surface area contributed by atoms with E-state index in [1.165, 1.54) is 21.3 Å². The Morgan fingerprint density at radius 3 is 2.46 bits per heavy atom. The standard InChI is InChI=1S/C15H14FN3O5S2/c16-12-4-3-11(10-13(12)19(21)22)15(20)17-5-7-18(8-6-17)26(23,24)14-2-1-9-25-14/h1-4,9-10H,5-8H2. The summed E-state index contributed by atoms with van der Waals surface area (Å²) in [7, 11) is -3.58. The molecule has 26 heavy (non-hydrogen) atoms. The molecular formula is C15H14FN3O5S2. The van der Waals surface area contributed by atoms with Crippen LogP contribution in [0.2, 0.25) is 0 Å². The van der Waals surface area contributed by atoms with Gasteiger partial charge in [0.1, 0.15) is 4.21 Å². The summed E-state index contributed by atoms with van der Waals surface area (Å²) >= 11 is 1.12. The number of hydrogen-bond donors (Lipinski definition) is 0. The molecule has 0 radical (unpaired) electrons. The number of rotatable bonds is 4.